The summed E-state index contributed by atoms with van der Waals surface area (Å²) < 4.78 is 0. The molecule has 1 unspecified atom stereocenters. The number of nitrogens with zero attached hydrogens (tertiary/aromatic N) is 5. The highest BCUT2D eigenvalue weighted by molar-refractivity contribution is 7.13. The molecule has 0 saturated carbocycles. The molecule has 0 fully saturated rings. The van der Waals surface area contributed by atoms with Gasteiger partial charge in [-0.05, 0) is 6.92 Å². The van der Waals surface area contributed by atoms with Gasteiger partial charge in [0.1, 0.15) is 21.4 Å². The maximum Gasteiger partial charge on any atom is 0.206 e. The second-order valence-electron chi connectivity index (χ2n) is 4.38. The number of hydrogen-bond donors (Lipinski definition) is 0. The Labute approximate surface area is 134 Å². The quantitative estimate of drug-likeness (QED) is 0.684. The van der Waals surface area contributed by atoms with Gasteiger partial charge in [0.2, 0.25) is 5.78 Å². The zero-order valence-corrected chi connectivity index (χ0v) is 13.1. The van der Waals surface area contributed by atoms with E-state index in [0.29, 0.717) is 15.7 Å². The summed E-state index contributed by atoms with van der Waals surface area (Å²) in [7, 11) is 0. The SMILES string of the molecule is Cc1csc(C(C#N)C(=O)c2csc(-c3cnccn3)n2)n1. The number of carbonyl (C=O) groups excluding carboxylic acids is 1. The van der Waals surface area contributed by atoms with Crippen LogP contribution in [0.2, 0.25) is 0 Å². The van der Waals surface area contributed by atoms with E-state index in [1.165, 1.54) is 22.7 Å². The lowest BCUT2D eigenvalue weighted by Crippen LogP contribution is -2.11. The fraction of sp³-hybridized carbons (Fsp3) is 0.143. The van der Waals surface area contributed by atoms with E-state index < -0.39 is 5.92 Å². The van der Waals surface area contributed by atoms with Crippen LogP contribution in [0.1, 0.15) is 27.1 Å². The minimum Gasteiger partial charge on any atom is -0.290 e. The average molecular weight is 327 g/mol. The van der Waals surface area contributed by atoms with E-state index in [1.807, 2.05) is 18.4 Å². The number of nitriles is 1. The van der Waals surface area contributed by atoms with Gasteiger partial charge >= 0.3 is 0 Å². The third kappa shape index (κ3) is 2.77. The van der Waals surface area contributed by atoms with Gasteiger partial charge in [-0.1, -0.05) is 0 Å². The predicted molar refractivity (Wildman–Crippen MR) is 82.7 cm³/mol. The topological polar surface area (TPSA) is 92.4 Å². The molecule has 0 aliphatic heterocycles. The van der Waals surface area contributed by atoms with E-state index in [-0.39, 0.29) is 11.5 Å². The van der Waals surface area contributed by atoms with Crippen molar-refractivity contribution in [3.63, 3.8) is 0 Å². The third-order valence-corrected chi connectivity index (χ3v) is 4.71. The van der Waals surface area contributed by atoms with Gasteiger partial charge in [0, 0.05) is 28.8 Å². The fourth-order valence-electron chi connectivity index (χ4n) is 1.79. The highest BCUT2D eigenvalue weighted by Crippen LogP contribution is 2.27. The molecular weight excluding hydrogens is 318 g/mol. The number of rotatable bonds is 4. The molecule has 3 aromatic heterocycles. The Balaban J connectivity index is 1.89. The molecule has 6 nitrogen and oxygen atoms in total. The Bertz CT molecular complexity index is 850. The first-order valence-corrected chi connectivity index (χ1v) is 8.02. The molecule has 22 heavy (non-hydrogen) atoms. The van der Waals surface area contributed by atoms with Crippen molar-refractivity contribution in [3.8, 4) is 16.8 Å². The molecule has 0 aromatic carbocycles. The molecule has 0 saturated heterocycles. The zero-order chi connectivity index (χ0) is 15.5. The average Bonchev–Trinajstić information content (AvgIpc) is 3.18. The predicted octanol–water partition coefficient (Wildman–Crippen LogP) is 2.86. The first kappa shape index (κ1) is 14.4. The van der Waals surface area contributed by atoms with E-state index in [0.717, 1.165) is 5.69 Å². The molecule has 0 amide bonds. The number of Topliss-reactive ketones (excluding diaryl/α,β-unsaturated/α-hetero) is 1. The van der Waals surface area contributed by atoms with Crippen molar-refractivity contribution in [1.82, 2.24) is 19.9 Å². The molecule has 0 radical (unpaired) electrons. The van der Waals surface area contributed by atoms with E-state index in [9.17, 15) is 10.1 Å². The van der Waals surface area contributed by atoms with Gasteiger partial charge in [-0.2, -0.15) is 5.26 Å². The van der Waals surface area contributed by atoms with Crippen LogP contribution in [0.5, 0.6) is 0 Å². The minimum atomic E-state index is -0.921. The molecule has 1 atom stereocenters. The van der Waals surface area contributed by atoms with Crippen molar-refractivity contribution >= 4 is 28.5 Å². The largest absolute Gasteiger partial charge is 0.290 e. The van der Waals surface area contributed by atoms with Crippen molar-refractivity contribution in [2.75, 3.05) is 0 Å². The van der Waals surface area contributed by atoms with Gasteiger partial charge in [-0.25, -0.2) is 9.97 Å². The zero-order valence-electron chi connectivity index (χ0n) is 11.4. The molecular formula is C14H9N5OS2. The van der Waals surface area contributed by atoms with Gasteiger partial charge in [0.15, 0.2) is 5.92 Å². The summed E-state index contributed by atoms with van der Waals surface area (Å²) >= 11 is 2.61. The maximum atomic E-state index is 12.5. The number of ketones is 1. The molecule has 0 spiro atoms. The third-order valence-electron chi connectivity index (χ3n) is 2.81. The number of carbonyl (C=O) groups is 1. The van der Waals surface area contributed by atoms with E-state index in [1.54, 1.807) is 24.0 Å². The van der Waals surface area contributed by atoms with Gasteiger partial charge in [-0.15, -0.1) is 22.7 Å². The second kappa shape index (κ2) is 6.09. The summed E-state index contributed by atoms with van der Waals surface area (Å²) in [6.07, 6.45) is 4.72. The first-order valence-electron chi connectivity index (χ1n) is 6.27. The van der Waals surface area contributed by atoms with Crippen LogP contribution in [0, 0.1) is 18.3 Å². The summed E-state index contributed by atoms with van der Waals surface area (Å²) in [5.74, 6) is -1.27. The van der Waals surface area contributed by atoms with Crippen molar-refractivity contribution in [2.45, 2.75) is 12.8 Å². The summed E-state index contributed by atoms with van der Waals surface area (Å²) in [5, 5.41) is 13.8. The van der Waals surface area contributed by atoms with Gasteiger partial charge in [-0.3, -0.25) is 14.8 Å². The lowest BCUT2D eigenvalue weighted by molar-refractivity contribution is 0.0974. The Kier molecular flexibility index (Phi) is 4.00. The van der Waals surface area contributed by atoms with Crippen LogP contribution in [0.4, 0.5) is 0 Å². The Morgan fingerprint density at radius 1 is 1.27 bits per heavy atom. The molecule has 3 aromatic rings. The molecule has 0 N–H and O–H groups in total. The molecule has 3 heterocycles. The van der Waals surface area contributed by atoms with Crippen molar-refractivity contribution in [2.24, 2.45) is 0 Å². The number of thiazole rings is 2. The van der Waals surface area contributed by atoms with Crippen LogP contribution >= 0.6 is 22.7 Å². The summed E-state index contributed by atoms with van der Waals surface area (Å²) in [4.78, 5) is 29.1. The second-order valence-corrected chi connectivity index (χ2v) is 6.13. The van der Waals surface area contributed by atoms with Crippen molar-refractivity contribution in [1.29, 1.82) is 5.26 Å². The summed E-state index contributed by atoms with van der Waals surface area (Å²) in [5.41, 5.74) is 1.65. The van der Waals surface area contributed by atoms with E-state index >= 15 is 0 Å². The molecule has 0 aliphatic carbocycles. The Morgan fingerprint density at radius 2 is 2.14 bits per heavy atom. The summed E-state index contributed by atoms with van der Waals surface area (Å²) in [6.45, 7) is 1.83. The van der Waals surface area contributed by atoms with Crippen LogP contribution < -0.4 is 0 Å². The lowest BCUT2D eigenvalue weighted by Gasteiger charge is -2.01. The van der Waals surface area contributed by atoms with Crippen LogP contribution in [-0.4, -0.2) is 25.7 Å². The van der Waals surface area contributed by atoms with E-state index in [4.69, 9.17) is 0 Å². The Morgan fingerprint density at radius 3 is 2.77 bits per heavy atom. The standard InChI is InChI=1S/C14H9N5OS2/c1-8-6-21-13(18-8)9(4-15)12(20)11-7-22-14(19-11)10-5-16-2-3-17-10/h2-3,5-7,9H,1H3. The fourth-order valence-corrected chi connectivity index (χ4v) is 3.40. The number of aryl methyl sites for hydroxylation is 1. The number of aromatic nitrogens is 4. The molecule has 0 bridgehead atoms. The van der Waals surface area contributed by atoms with Crippen LogP contribution in [0.15, 0.2) is 29.4 Å². The van der Waals surface area contributed by atoms with Crippen molar-refractivity contribution < 1.29 is 4.79 Å². The Hall–Kier alpha value is -2.50. The molecule has 8 heteroatoms. The van der Waals surface area contributed by atoms with Gasteiger partial charge < -0.3 is 0 Å². The highest BCUT2D eigenvalue weighted by atomic mass is 32.1. The molecule has 108 valence electrons. The van der Waals surface area contributed by atoms with Crippen LogP contribution in [-0.2, 0) is 0 Å². The molecule has 3 rings (SSSR count). The normalized spacial score (nSPS) is 11.8. The highest BCUT2D eigenvalue weighted by Gasteiger charge is 2.26. The lowest BCUT2D eigenvalue weighted by atomic mass is 10.1. The van der Waals surface area contributed by atoms with Crippen molar-refractivity contribution in [3.05, 3.63) is 45.7 Å². The summed E-state index contributed by atoms with van der Waals surface area (Å²) in [6, 6.07) is 2.01. The number of hydrogen-bond acceptors (Lipinski definition) is 8. The van der Waals surface area contributed by atoms with Gasteiger partial charge in [0.05, 0.1) is 12.3 Å². The molecule has 0 aliphatic rings. The first-order chi connectivity index (χ1) is 10.7. The van der Waals surface area contributed by atoms with Crippen LogP contribution in [0.25, 0.3) is 10.7 Å². The van der Waals surface area contributed by atoms with E-state index in [2.05, 4.69) is 19.9 Å². The monoisotopic (exact) mass is 327 g/mol. The van der Waals surface area contributed by atoms with Gasteiger partial charge in [0.25, 0.3) is 0 Å². The maximum absolute atomic E-state index is 12.5. The minimum absolute atomic E-state index is 0.255. The smallest absolute Gasteiger partial charge is 0.206 e. The van der Waals surface area contributed by atoms with Crippen LogP contribution in [0.3, 0.4) is 0 Å².